The summed E-state index contributed by atoms with van der Waals surface area (Å²) in [6.45, 7) is 8.30. The summed E-state index contributed by atoms with van der Waals surface area (Å²) >= 11 is 0. The van der Waals surface area contributed by atoms with Crippen LogP contribution in [0.15, 0.2) is 12.3 Å². The van der Waals surface area contributed by atoms with E-state index in [1.165, 1.54) is 7.11 Å². The van der Waals surface area contributed by atoms with Gasteiger partial charge in [-0.2, -0.15) is 0 Å². The van der Waals surface area contributed by atoms with Crippen molar-refractivity contribution in [2.24, 2.45) is 0 Å². The number of ether oxygens (including phenoxy) is 1. The molecule has 1 amide bonds. The van der Waals surface area contributed by atoms with Gasteiger partial charge in [0.2, 0.25) is 5.91 Å². The highest BCUT2D eigenvalue weighted by molar-refractivity contribution is 5.81. The maximum Gasteiger partial charge on any atom is 0.306 e. The van der Waals surface area contributed by atoms with Gasteiger partial charge in [0, 0.05) is 37.2 Å². The Bertz CT molecular complexity index is 377. The molecule has 1 heterocycles. The van der Waals surface area contributed by atoms with Crippen LogP contribution in [0.2, 0.25) is 0 Å². The number of hydrogen-bond donors (Lipinski definition) is 1. The molecule has 1 atom stereocenters. The minimum atomic E-state index is -0.358. The minimum absolute atomic E-state index is 0.0182. The third-order valence-electron chi connectivity index (χ3n) is 3.76. The van der Waals surface area contributed by atoms with Crippen molar-refractivity contribution < 1.29 is 14.3 Å². The van der Waals surface area contributed by atoms with E-state index in [0.717, 1.165) is 18.5 Å². The molecule has 19 heavy (non-hydrogen) atoms. The van der Waals surface area contributed by atoms with Gasteiger partial charge < -0.3 is 15.0 Å². The molecule has 5 nitrogen and oxygen atoms in total. The van der Waals surface area contributed by atoms with E-state index in [4.69, 9.17) is 0 Å². The lowest BCUT2D eigenvalue weighted by atomic mass is 9.86. The SMILES string of the molecule is C=C1CC(NC(=O)CCC(=O)OC)CC(C)(C)N1C. The molecular weight excluding hydrogens is 244 g/mol. The Kier molecular flexibility index (Phi) is 4.97. The Morgan fingerprint density at radius 3 is 2.63 bits per heavy atom. The first-order chi connectivity index (χ1) is 8.76. The molecule has 108 valence electrons. The number of likely N-dealkylation sites (tertiary alicyclic amines) is 1. The lowest BCUT2D eigenvalue weighted by molar-refractivity contribution is -0.142. The summed E-state index contributed by atoms with van der Waals surface area (Å²) in [4.78, 5) is 24.9. The van der Waals surface area contributed by atoms with E-state index in [2.05, 4.69) is 35.4 Å². The largest absolute Gasteiger partial charge is 0.469 e. The van der Waals surface area contributed by atoms with Gasteiger partial charge in [0.05, 0.1) is 13.5 Å². The number of hydrogen-bond acceptors (Lipinski definition) is 4. The van der Waals surface area contributed by atoms with E-state index in [-0.39, 0.29) is 36.3 Å². The molecule has 0 aliphatic carbocycles. The van der Waals surface area contributed by atoms with Gasteiger partial charge in [-0.25, -0.2) is 0 Å². The van der Waals surface area contributed by atoms with Crippen molar-refractivity contribution in [1.29, 1.82) is 0 Å². The Balaban J connectivity index is 2.47. The average Bonchev–Trinajstić information content (AvgIpc) is 2.32. The van der Waals surface area contributed by atoms with E-state index in [0.29, 0.717) is 0 Å². The molecule has 1 N–H and O–H groups in total. The Labute approximate surface area is 115 Å². The van der Waals surface area contributed by atoms with Crippen molar-refractivity contribution in [2.45, 2.75) is 51.1 Å². The zero-order valence-corrected chi connectivity index (χ0v) is 12.3. The highest BCUT2D eigenvalue weighted by Gasteiger charge is 2.34. The standard InChI is InChI=1S/C14H24N2O3/c1-10-8-11(9-14(2,3)16(10)4)15-12(17)6-7-13(18)19-5/h11H,1,6-9H2,2-5H3,(H,15,17). The summed E-state index contributed by atoms with van der Waals surface area (Å²) in [5.41, 5.74) is 1.00. The van der Waals surface area contributed by atoms with Crippen molar-refractivity contribution in [3.05, 3.63) is 12.3 Å². The van der Waals surface area contributed by atoms with Crippen LogP contribution in [0, 0.1) is 0 Å². The third kappa shape index (κ3) is 4.26. The third-order valence-corrected chi connectivity index (χ3v) is 3.76. The number of carbonyl (C=O) groups is 2. The molecule has 0 aromatic carbocycles. The number of esters is 1. The summed E-state index contributed by atoms with van der Waals surface area (Å²) < 4.78 is 4.52. The fraction of sp³-hybridized carbons (Fsp3) is 0.714. The van der Waals surface area contributed by atoms with E-state index < -0.39 is 0 Å². The Hall–Kier alpha value is -1.52. The monoisotopic (exact) mass is 268 g/mol. The van der Waals surface area contributed by atoms with Gasteiger partial charge in [-0.1, -0.05) is 6.58 Å². The number of methoxy groups -OCH3 is 1. The topological polar surface area (TPSA) is 58.6 Å². The molecular formula is C14H24N2O3. The molecule has 1 aliphatic rings. The number of carbonyl (C=O) groups excluding carboxylic acids is 2. The summed E-state index contributed by atoms with van der Waals surface area (Å²) in [6, 6.07) is 0.0869. The van der Waals surface area contributed by atoms with Gasteiger partial charge in [0.15, 0.2) is 0 Å². The lowest BCUT2D eigenvalue weighted by Crippen LogP contribution is -2.52. The van der Waals surface area contributed by atoms with Gasteiger partial charge in [-0.15, -0.1) is 0 Å². The van der Waals surface area contributed by atoms with Gasteiger partial charge in [-0.05, 0) is 20.3 Å². The minimum Gasteiger partial charge on any atom is -0.469 e. The van der Waals surface area contributed by atoms with Crippen LogP contribution in [0.1, 0.15) is 39.5 Å². The molecule has 1 saturated heterocycles. The maximum atomic E-state index is 11.8. The zero-order chi connectivity index (χ0) is 14.6. The highest BCUT2D eigenvalue weighted by atomic mass is 16.5. The van der Waals surface area contributed by atoms with E-state index in [9.17, 15) is 9.59 Å². The van der Waals surface area contributed by atoms with Crippen LogP contribution in [-0.2, 0) is 14.3 Å². The quantitative estimate of drug-likeness (QED) is 0.784. The number of piperidine rings is 1. The summed E-state index contributed by atoms with van der Waals surface area (Å²) in [7, 11) is 3.35. The van der Waals surface area contributed by atoms with Crippen molar-refractivity contribution in [1.82, 2.24) is 10.2 Å². The molecule has 0 radical (unpaired) electrons. The van der Waals surface area contributed by atoms with Crippen LogP contribution in [0.5, 0.6) is 0 Å². The van der Waals surface area contributed by atoms with Crippen molar-refractivity contribution >= 4 is 11.9 Å². The van der Waals surface area contributed by atoms with Crippen LogP contribution in [0.3, 0.4) is 0 Å². The molecule has 0 aromatic heterocycles. The van der Waals surface area contributed by atoms with Gasteiger partial charge in [-0.3, -0.25) is 9.59 Å². The fourth-order valence-electron chi connectivity index (χ4n) is 2.38. The molecule has 1 rings (SSSR count). The second-order valence-electron chi connectivity index (χ2n) is 5.69. The normalized spacial score (nSPS) is 22.0. The summed E-state index contributed by atoms with van der Waals surface area (Å²) in [5, 5.41) is 2.97. The fourth-order valence-corrected chi connectivity index (χ4v) is 2.38. The first-order valence-corrected chi connectivity index (χ1v) is 6.54. The Morgan fingerprint density at radius 2 is 2.11 bits per heavy atom. The first kappa shape index (κ1) is 15.5. The van der Waals surface area contributed by atoms with Crippen molar-refractivity contribution in [3.63, 3.8) is 0 Å². The molecule has 1 unspecified atom stereocenters. The van der Waals surface area contributed by atoms with E-state index in [1.807, 2.05) is 7.05 Å². The molecule has 1 fully saturated rings. The predicted molar refractivity (Wildman–Crippen MR) is 73.4 cm³/mol. The summed E-state index contributed by atoms with van der Waals surface area (Å²) in [5.74, 6) is -0.466. The van der Waals surface area contributed by atoms with Gasteiger partial charge in [0.25, 0.3) is 0 Å². The molecule has 0 aromatic rings. The van der Waals surface area contributed by atoms with Crippen LogP contribution in [-0.4, -0.2) is 42.5 Å². The maximum absolute atomic E-state index is 11.8. The second kappa shape index (κ2) is 6.08. The van der Waals surface area contributed by atoms with Crippen LogP contribution >= 0.6 is 0 Å². The first-order valence-electron chi connectivity index (χ1n) is 6.54. The molecule has 1 aliphatic heterocycles. The number of nitrogens with zero attached hydrogens (tertiary/aromatic N) is 1. The van der Waals surface area contributed by atoms with Gasteiger partial charge >= 0.3 is 5.97 Å². The van der Waals surface area contributed by atoms with Crippen LogP contribution < -0.4 is 5.32 Å². The van der Waals surface area contributed by atoms with Crippen LogP contribution in [0.4, 0.5) is 0 Å². The van der Waals surface area contributed by atoms with E-state index in [1.54, 1.807) is 0 Å². The smallest absolute Gasteiger partial charge is 0.306 e. The highest BCUT2D eigenvalue weighted by Crippen LogP contribution is 2.31. The lowest BCUT2D eigenvalue weighted by Gasteiger charge is -2.46. The van der Waals surface area contributed by atoms with E-state index >= 15 is 0 Å². The predicted octanol–water partition coefficient (Wildman–Crippen LogP) is 1.44. The molecule has 0 spiro atoms. The molecule has 0 bridgehead atoms. The summed E-state index contributed by atoms with van der Waals surface area (Å²) in [6.07, 6.45) is 1.92. The molecule has 5 heteroatoms. The van der Waals surface area contributed by atoms with Crippen LogP contribution in [0.25, 0.3) is 0 Å². The Morgan fingerprint density at radius 1 is 1.47 bits per heavy atom. The molecule has 0 saturated carbocycles. The second-order valence-corrected chi connectivity index (χ2v) is 5.69. The van der Waals surface area contributed by atoms with Crippen molar-refractivity contribution in [3.8, 4) is 0 Å². The number of nitrogens with one attached hydrogen (secondary N) is 1. The average molecular weight is 268 g/mol. The number of rotatable bonds is 4. The van der Waals surface area contributed by atoms with Gasteiger partial charge in [0.1, 0.15) is 0 Å². The number of amides is 1. The zero-order valence-electron chi connectivity index (χ0n) is 12.3. The van der Waals surface area contributed by atoms with Crippen molar-refractivity contribution in [2.75, 3.05) is 14.2 Å².